The van der Waals surface area contributed by atoms with Gasteiger partial charge in [-0.3, -0.25) is 5.10 Å². The zero-order valence-electron chi connectivity index (χ0n) is 13.3. The number of aromatic amines is 1. The second kappa shape index (κ2) is 7.59. The minimum atomic E-state index is -0.267. The van der Waals surface area contributed by atoms with E-state index < -0.39 is 0 Å². The van der Waals surface area contributed by atoms with Gasteiger partial charge in [0, 0.05) is 5.69 Å². The van der Waals surface area contributed by atoms with Crippen molar-refractivity contribution in [2.75, 3.05) is 5.32 Å². The van der Waals surface area contributed by atoms with E-state index in [0.29, 0.717) is 5.82 Å². The molecule has 118 valence electrons. The van der Waals surface area contributed by atoms with Gasteiger partial charge in [-0.25, -0.2) is 9.78 Å². The second-order valence-corrected chi connectivity index (χ2v) is 5.40. The van der Waals surface area contributed by atoms with E-state index >= 15 is 0 Å². The standard InChI is InChI=1S/C16H23N5O/c1-4-5-6-13-7-9-14(10-8-13)19-16(22)17-11(2)15-18-12(3)20-21-15/h7-11H,4-6H2,1-3H3,(H2,17,19,22)(H,18,20,21)/t11-/m0/s1. The maximum atomic E-state index is 12.0. The largest absolute Gasteiger partial charge is 0.328 e. The molecule has 0 aliphatic carbocycles. The third kappa shape index (κ3) is 4.58. The second-order valence-electron chi connectivity index (χ2n) is 5.40. The molecule has 22 heavy (non-hydrogen) atoms. The van der Waals surface area contributed by atoms with Crippen molar-refractivity contribution in [3.05, 3.63) is 41.5 Å². The molecular weight excluding hydrogens is 278 g/mol. The minimum absolute atomic E-state index is 0.256. The van der Waals surface area contributed by atoms with E-state index in [9.17, 15) is 4.79 Å². The molecule has 0 spiro atoms. The Hall–Kier alpha value is -2.37. The van der Waals surface area contributed by atoms with Crippen LogP contribution in [0.5, 0.6) is 0 Å². The van der Waals surface area contributed by atoms with Gasteiger partial charge in [0.05, 0.1) is 6.04 Å². The number of benzene rings is 1. The van der Waals surface area contributed by atoms with Crippen molar-refractivity contribution < 1.29 is 4.79 Å². The van der Waals surface area contributed by atoms with Crippen molar-refractivity contribution >= 4 is 11.7 Å². The average molecular weight is 301 g/mol. The molecule has 2 rings (SSSR count). The van der Waals surface area contributed by atoms with Gasteiger partial charge in [0.1, 0.15) is 5.82 Å². The van der Waals surface area contributed by atoms with Gasteiger partial charge in [0.15, 0.2) is 5.82 Å². The summed E-state index contributed by atoms with van der Waals surface area (Å²) in [6.07, 6.45) is 3.44. The maximum Gasteiger partial charge on any atom is 0.319 e. The van der Waals surface area contributed by atoms with E-state index in [1.54, 1.807) is 0 Å². The predicted octanol–water partition coefficient (Wildman–Crippen LogP) is 3.34. The number of urea groups is 1. The first-order valence-corrected chi connectivity index (χ1v) is 7.64. The summed E-state index contributed by atoms with van der Waals surface area (Å²) in [6.45, 7) is 5.84. The first-order valence-electron chi connectivity index (χ1n) is 7.64. The van der Waals surface area contributed by atoms with Gasteiger partial charge in [-0.15, -0.1) is 0 Å². The highest BCUT2D eigenvalue weighted by atomic mass is 16.2. The number of hydrogen-bond donors (Lipinski definition) is 3. The molecule has 6 heteroatoms. The zero-order chi connectivity index (χ0) is 15.9. The van der Waals surface area contributed by atoms with Gasteiger partial charge < -0.3 is 10.6 Å². The molecule has 1 heterocycles. The average Bonchev–Trinajstić information content (AvgIpc) is 2.93. The number of carbonyl (C=O) groups is 1. The Morgan fingerprint density at radius 3 is 2.64 bits per heavy atom. The quantitative estimate of drug-likeness (QED) is 0.765. The van der Waals surface area contributed by atoms with E-state index in [4.69, 9.17) is 0 Å². The highest BCUT2D eigenvalue weighted by molar-refractivity contribution is 5.89. The Bertz CT molecular complexity index is 605. The molecule has 0 fully saturated rings. The summed E-state index contributed by atoms with van der Waals surface area (Å²) in [5, 5.41) is 12.4. The molecule has 3 N–H and O–H groups in total. The number of unbranched alkanes of at least 4 members (excludes halogenated alkanes) is 1. The normalized spacial score (nSPS) is 12.0. The molecule has 0 saturated heterocycles. The molecule has 2 aromatic rings. The van der Waals surface area contributed by atoms with Gasteiger partial charge in [-0.2, -0.15) is 5.10 Å². The lowest BCUT2D eigenvalue weighted by Crippen LogP contribution is -2.31. The topological polar surface area (TPSA) is 82.7 Å². The van der Waals surface area contributed by atoms with E-state index in [0.717, 1.165) is 17.9 Å². The van der Waals surface area contributed by atoms with Crippen molar-refractivity contribution in [1.29, 1.82) is 0 Å². The van der Waals surface area contributed by atoms with Gasteiger partial charge in [-0.1, -0.05) is 25.5 Å². The van der Waals surface area contributed by atoms with Crippen LogP contribution < -0.4 is 10.6 Å². The molecule has 1 aromatic carbocycles. The van der Waals surface area contributed by atoms with Crippen LogP contribution in [0, 0.1) is 6.92 Å². The smallest absolute Gasteiger partial charge is 0.319 e. The lowest BCUT2D eigenvalue weighted by molar-refractivity contribution is 0.249. The number of aromatic nitrogens is 3. The highest BCUT2D eigenvalue weighted by Crippen LogP contribution is 2.12. The van der Waals surface area contributed by atoms with Crippen molar-refractivity contribution in [2.45, 2.75) is 46.1 Å². The fourth-order valence-corrected chi connectivity index (χ4v) is 2.12. The highest BCUT2D eigenvalue weighted by Gasteiger charge is 2.13. The Kier molecular flexibility index (Phi) is 5.52. The summed E-state index contributed by atoms with van der Waals surface area (Å²) in [7, 11) is 0. The molecule has 0 bridgehead atoms. The summed E-state index contributed by atoms with van der Waals surface area (Å²) in [4.78, 5) is 16.2. The lowest BCUT2D eigenvalue weighted by atomic mass is 10.1. The van der Waals surface area contributed by atoms with Crippen molar-refractivity contribution in [3.8, 4) is 0 Å². The van der Waals surface area contributed by atoms with Crippen LogP contribution in [0.25, 0.3) is 0 Å². The van der Waals surface area contributed by atoms with Gasteiger partial charge in [0.2, 0.25) is 0 Å². The zero-order valence-corrected chi connectivity index (χ0v) is 13.3. The minimum Gasteiger partial charge on any atom is -0.328 e. The Morgan fingerprint density at radius 1 is 1.32 bits per heavy atom. The van der Waals surface area contributed by atoms with Gasteiger partial charge >= 0.3 is 6.03 Å². The number of rotatable bonds is 6. The summed E-state index contributed by atoms with van der Waals surface area (Å²) >= 11 is 0. The first kappa shape index (κ1) is 16.0. The number of carbonyl (C=O) groups excluding carboxylic acids is 1. The molecule has 0 aliphatic heterocycles. The van der Waals surface area contributed by atoms with Crippen LogP contribution in [0.15, 0.2) is 24.3 Å². The summed E-state index contributed by atoms with van der Waals surface area (Å²) in [5.74, 6) is 1.30. The summed E-state index contributed by atoms with van der Waals surface area (Å²) in [6, 6.07) is 7.42. The molecule has 0 aliphatic rings. The molecule has 0 unspecified atom stereocenters. The van der Waals surface area contributed by atoms with Crippen LogP contribution in [-0.4, -0.2) is 21.2 Å². The van der Waals surface area contributed by atoms with Gasteiger partial charge in [-0.05, 0) is 44.4 Å². The SMILES string of the molecule is CCCCc1ccc(NC(=O)N[C@@H](C)c2n[nH]c(C)n2)cc1. The number of anilines is 1. The number of nitrogens with one attached hydrogen (secondary N) is 3. The van der Waals surface area contributed by atoms with Crippen molar-refractivity contribution in [2.24, 2.45) is 0 Å². The molecule has 6 nitrogen and oxygen atoms in total. The van der Waals surface area contributed by atoms with E-state index in [2.05, 4.69) is 32.7 Å². The molecule has 1 aromatic heterocycles. The van der Waals surface area contributed by atoms with Crippen molar-refractivity contribution in [1.82, 2.24) is 20.5 Å². The third-order valence-corrected chi connectivity index (χ3v) is 3.38. The summed E-state index contributed by atoms with van der Waals surface area (Å²) in [5.41, 5.74) is 2.06. The van der Waals surface area contributed by atoms with Crippen LogP contribution >= 0.6 is 0 Å². The number of H-pyrrole nitrogens is 1. The fraction of sp³-hybridized carbons (Fsp3) is 0.438. The fourth-order valence-electron chi connectivity index (χ4n) is 2.12. The molecule has 0 saturated carbocycles. The van der Waals surface area contributed by atoms with Crippen LogP contribution in [0.1, 0.15) is 49.9 Å². The van der Waals surface area contributed by atoms with E-state index in [-0.39, 0.29) is 12.1 Å². The molecule has 2 amide bonds. The monoisotopic (exact) mass is 301 g/mol. The Balaban J connectivity index is 1.86. The molecule has 0 radical (unpaired) electrons. The first-order chi connectivity index (χ1) is 10.6. The van der Waals surface area contributed by atoms with E-state index in [1.807, 2.05) is 38.1 Å². The summed E-state index contributed by atoms with van der Waals surface area (Å²) < 4.78 is 0. The number of aryl methyl sites for hydroxylation is 2. The maximum absolute atomic E-state index is 12.0. The lowest BCUT2D eigenvalue weighted by Gasteiger charge is -2.12. The van der Waals surface area contributed by atoms with Crippen LogP contribution in [-0.2, 0) is 6.42 Å². The number of amides is 2. The Labute approximate surface area is 130 Å². The molecule has 1 atom stereocenters. The van der Waals surface area contributed by atoms with Crippen LogP contribution in [0.3, 0.4) is 0 Å². The van der Waals surface area contributed by atoms with E-state index in [1.165, 1.54) is 18.4 Å². The van der Waals surface area contributed by atoms with Crippen molar-refractivity contribution in [3.63, 3.8) is 0 Å². The van der Waals surface area contributed by atoms with Gasteiger partial charge in [0.25, 0.3) is 0 Å². The third-order valence-electron chi connectivity index (χ3n) is 3.38. The number of nitrogens with zero attached hydrogens (tertiary/aromatic N) is 2. The Morgan fingerprint density at radius 2 is 2.05 bits per heavy atom. The van der Waals surface area contributed by atoms with Crippen LogP contribution in [0.2, 0.25) is 0 Å². The van der Waals surface area contributed by atoms with Crippen LogP contribution in [0.4, 0.5) is 10.5 Å². The number of hydrogen-bond acceptors (Lipinski definition) is 3. The predicted molar refractivity (Wildman–Crippen MR) is 86.7 cm³/mol. The molecular formula is C16H23N5O.